The van der Waals surface area contributed by atoms with Gasteiger partial charge in [0.25, 0.3) is 0 Å². The molecular formula is C16H35NO3. The summed E-state index contributed by atoms with van der Waals surface area (Å²) in [4.78, 5) is 22.4. The molecule has 4 heteroatoms. The molecule has 0 saturated heterocycles. The molecule has 0 aromatic rings. The third-order valence-corrected chi connectivity index (χ3v) is 2.16. The molecule has 0 radical (unpaired) electrons. The number of ketones is 1. The fourth-order valence-corrected chi connectivity index (χ4v) is 1.03. The van der Waals surface area contributed by atoms with Gasteiger partial charge in [0.05, 0.1) is 12.7 Å². The highest BCUT2D eigenvalue weighted by molar-refractivity contribution is 5.78. The van der Waals surface area contributed by atoms with E-state index in [0.29, 0.717) is 25.4 Å². The van der Waals surface area contributed by atoms with Crippen LogP contribution < -0.4 is 0 Å². The summed E-state index contributed by atoms with van der Waals surface area (Å²) in [5.41, 5.74) is 0. The van der Waals surface area contributed by atoms with Crippen molar-refractivity contribution in [3.05, 3.63) is 0 Å². The van der Waals surface area contributed by atoms with E-state index in [-0.39, 0.29) is 5.78 Å². The number of hydrogen-bond donors (Lipinski definition) is 0. The predicted octanol–water partition coefficient (Wildman–Crippen LogP) is 3.33. The van der Waals surface area contributed by atoms with Crippen LogP contribution in [0.25, 0.3) is 0 Å². The van der Waals surface area contributed by atoms with Crippen molar-refractivity contribution in [3.8, 4) is 0 Å². The molecule has 0 amide bonds. The lowest BCUT2D eigenvalue weighted by molar-refractivity contribution is -0.118. The average Bonchev–Trinajstić information content (AvgIpc) is 2.41. The van der Waals surface area contributed by atoms with Gasteiger partial charge in [-0.15, -0.1) is 0 Å². The topological polar surface area (TPSA) is 46.6 Å². The van der Waals surface area contributed by atoms with Crippen LogP contribution in [0.5, 0.6) is 0 Å². The number of carbonyl (C=O) groups excluding carboxylic acids is 2. The lowest BCUT2D eigenvalue weighted by Gasteiger charge is -2.11. The van der Waals surface area contributed by atoms with Crippen LogP contribution in [0.4, 0.5) is 0 Å². The van der Waals surface area contributed by atoms with Gasteiger partial charge in [0, 0.05) is 25.8 Å². The van der Waals surface area contributed by atoms with Gasteiger partial charge in [-0.2, -0.15) is 0 Å². The maximum absolute atomic E-state index is 10.6. The number of rotatable bonds is 9. The van der Waals surface area contributed by atoms with E-state index in [1.807, 2.05) is 34.9 Å². The van der Waals surface area contributed by atoms with Crippen molar-refractivity contribution < 1.29 is 14.3 Å². The van der Waals surface area contributed by atoms with E-state index in [0.717, 1.165) is 25.9 Å². The minimum absolute atomic E-state index is 0.247. The number of Topliss-reactive ketones (excluding diaryl/α,β-unsaturated/α-hetero) is 1. The Labute approximate surface area is 125 Å². The predicted molar refractivity (Wildman–Crippen MR) is 86.2 cm³/mol. The van der Waals surface area contributed by atoms with Gasteiger partial charge in [0.1, 0.15) is 12.1 Å². The van der Waals surface area contributed by atoms with Crippen molar-refractivity contribution in [1.29, 1.82) is 0 Å². The van der Waals surface area contributed by atoms with Crippen LogP contribution in [0.15, 0.2) is 0 Å². The van der Waals surface area contributed by atoms with Crippen LogP contribution in [-0.2, 0) is 14.3 Å². The quantitative estimate of drug-likeness (QED) is 0.482. The zero-order valence-electron chi connectivity index (χ0n) is 14.6. The van der Waals surface area contributed by atoms with Crippen LogP contribution in [-0.4, -0.2) is 50.3 Å². The van der Waals surface area contributed by atoms with E-state index >= 15 is 0 Å². The van der Waals surface area contributed by atoms with E-state index < -0.39 is 0 Å². The lowest BCUT2D eigenvalue weighted by atomic mass is 10.1. The van der Waals surface area contributed by atoms with Gasteiger partial charge in [-0.05, 0) is 34.4 Å². The van der Waals surface area contributed by atoms with Gasteiger partial charge >= 0.3 is 0 Å². The monoisotopic (exact) mass is 289 g/mol. The van der Waals surface area contributed by atoms with Gasteiger partial charge in [0.2, 0.25) is 0 Å². The smallest absolute Gasteiger partial charge is 0.132 e. The van der Waals surface area contributed by atoms with Crippen LogP contribution in [0.2, 0.25) is 0 Å². The van der Waals surface area contributed by atoms with Crippen molar-refractivity contribution in [2.45, 2.75) is 66.4 Å². The fourth-order valence-electron chi connectivity index (χ4n) is 1.03. The Morgan fingerprint density at radius 3 is 2.15 bits per heavy atom. The number of carbonyl (C=O) groups is 2. The summed E-state index contributed by atoms with van der Waals surface area (Å²) >= 11 is 0. The molecule has 0 aliphatic carbocycles. The molecule has 0 heterocycles. The molecule has 0 spiro atoms. The normalized spacial score (nSPS) is 9.45. The Morgan fingerprint density at radius 1 is 1.25 bits per heavy atom. The molecule has 0 bridgehead atoms. The minimum Gasteiger partial charge on any atom is -0.377 e. The number of unbranched alkanes of at least 4 members (excludes halogenated alkanes) is 1. The summed E-state index contributed by atoms with van der Waals surface area (Å²) in [6, 6.07) is 0. The third-order valence-electron chi connectivity index (χ3n) is 2.16. The van der Waals surface area contributed by atoms with Crippen molar-refractivity contribution in [2.75, 3.05) is 27.2 Å². The molecule has 0 N–H and O–H groups in total. The van der Waals surface area contributed by atoms with Crippen LogP contribution in [0.1, 0.15) is 60.3 Å². The Bertz CT molecular complexity index is 196. The average molecular weight is 289 g/mol. The number of likely N-dealkylation sites (N-methyl/N-ethyl adjacent to an activating group) is 1. The molecule has 0 fully saturated rings. The van der Waals surface area contributed by atoms with E-state index in [2.05, 4.69) is 18.7 Å². The number of nitrogens with zero attached hydrogens (tertiary/aromatic N) is 1. The fraction of sp³-hybridized carbons (Fsp3) is 0.875. The molecule has 0 rings (SSSR count). The second-order valence-corrected chi connectivity index (χ2v) is 4.67. The first-order valence-corrected chi connectivity index (χ1v) is 7.65. The SMILES string of the molecule is CC.CC(C)OCCN(C)C.CCC(=O)CCCC=O. The number of ether oxygens (including phenoxy) is 1. The minimum atomic E-state index is 0.247. The zero-order chi connectivity index (χ0) is 16.4. The molecule has 20 heavy (non-hydrogen) atoms. The second-order valence-electron chi connectivity index (χ2n) is 4.67. The Hall–Kier alpha value is -0.740. The maximum Gasteiger partial charge on any atom is 0.132 e. The lowest BCUT2D eigenvalue weighted by Crippen LogP contribution is -2.19. The van der Waals surface area contributed by atoms with Gasteiger partial charge in [-0.3, -0.25) is 4.79 Å². The van der Waals surface area contributed by atoms with Crippen molar-refractivity contribution in [1.82, 2.24) is 4.90 Å². The van der Waals surface area contributed by atoms with Crippen LogP contribution in [0.3, 0.4) is 0 Å². The summed E-state index contributed by atoms with van der Waals surface area (Å²) < 4.78 is 5.31. The van der Waals surface area contributed by atoms with Crippen molar-refractivity contribution >= 4 is 12.1 Å². The Balaban J connectivity index is -0.000000257. The van der Waals surface area contributed by atoms with Gasteiger partial charge in [0.15, 0.2) is 0 Å². The van der Waals surface area contributed by atoms with E-state index in [4.69, 9.17) is 4.74 Å². The first-order chi connectivity index (χ1) is 9.43. The van der Waals surface area contributed by atoms with Gasteiger partial charge in [-0.1, -0.05) is 20.8 Å². The molecule has 0 aromatic heterocycles. The summed E-state index contributed by atoms with van der Waals surface area (Å²) in [5.74, 6) is 0.247. The highest BCUT2D eigenvalue weighted by Crippen LogP contribution is 1.95. The number of aldehydes is 1. The summed E-state index contributed by atoms with van der Waals surface area (Å²) in [6.45, 7) is 11.8. The van der Waals surface area contributed by atoms with Gasteiger partial charge < -0.3 is 14.4 Å². The summed E-state index contributed by atoms with van der Waals surface area (Å²) in [5, 5.41) is 0. The zero-order valence-corrected chi connectivity index (χ0v) is 14.6. The first kappa shape index (κ1) is 24.3. The standard InChI is InChI=1S/C7H17NO.C7H12O2.C2H6/c1-7(2)9-6-5-8(3)4;1-2-7(9)5-3-4-6-8;1-2/h7H,5-6H2,1-4H3;6H,2-5H2,1H3;1-2H3. The Morgan fingerprint density at radius 2 is 1.80 bits per heavy atom. The highest BCUT2D eigenvalue weighted by atomic mass is 16.5. The van der Waals surface area contributed by atoms with E-state index in [9.17, 15) is 9.59 Å². The third kappa shape index (κ3) is 30.4. The van der Waals surface area contributed by atoms with Crippen LogP contribution >= 0.6 is 0 Å². The molecule has 0 saturated carbocycles. The van der Waals surface area contributed by atoms with Gasteiger partial charge in [-0.25, -0.2) is 0 Å². The summed E-state index contributed by atoms with van der Waals surface area (Å²) in [7, 11) is 4.09. The van der Waals surface area contributed by atoms with Crippen molar-refractivity contribution in [3.63, 3.8) is 0 Å². The summed E-state index contributed by atoms with van der Waals surface area (Å²) in [6.07, 6.45) is 3.61. The molecular weight excluding hydrogens is 254 g/mol. The molecule has 4 nitrogen and oxygen atoms in total. The maximum atomic E-state index is 10.6. The molecule has 0 aliphatic rings. The molecule has 0 atom stereocenters. The first-order valence-electron chi connectivity index (χ1n) is 7.65. The second kappa shape index (κ2) is 20.6. The van der Waals surface area contributed by atoms with E-state index in [1.54, 1.807) is 0 Å². The molecule has 0 aliphatic heterocycles. The molecule has 122 valence electrons. The highest BCUT2D eigenvalue weighted by Gasteiger charge is 1.95. The molecule has 0 aromatic carbocycles. The van der Waals surface area contributed by atoms with Crippen LogP contribution in [0, 0.1) is 0 Å². The Kier molecular flexibility index (Phi) is 25.0. The number of hydrogen-bond acceptors (Lipinski definition) is 4. The largest absolute Gasteiger partial charge is 0.377 e. The van der Waals surface area contributed by atoms with Crippen molar-refractivity contribution in [2.24, 2.45) is 0 Å². The molecule has 0 unspecified atom stereocenters. The van der Waals surface area contributed by atoms with E-state index in [1.165, 1.54) is 0 Å².